The maximum Gasteiger partial charge on any atom is 0.323 e. The highest BCUT2D eigenvalue weighted by Gasteiger charge is 2.13. The van der Waals surface area contributed by atoms with Crippen LogP contribution in [0.4, 0.5) is 0 Å². The lowest BCUT2D eigenvalue weighted by Crippen LogP contribution is -2.26. The Kier molecular flexibility index (Phi) is 5.87. The molecule has 0 saturated carbocycles. The van der Waals surface area contributed by atoms with Gasteiger partial charge in [0.2, 0.25) is 0 Å². The normalized spacial score (nSPS) is 11.2. The van der Waals surface area contributed by atoms with Gasteiger partial charge in [-0.1, -0.05) is 48.5 Å². The third-order valence-corrected chi connectivity index (χ3v) is 4.33. The van der Waals surface area contributed by atoms with E-state index < -0.39 is 11.9 Å². The summed E-state index contributed by atoms with van der Waals surface area (Å²) >= 11 is 0. The first-order chi connectivity index (χ1) is 13.6. The lowest BCUT2D eigenvalue weighted by atomic mass is 10.1. The molecule has 0 bridgehead atoms. The Labute approximate surface area is 162 Å². The largest absolute Gasteiger partial charge is 0.480 e. The number of carboxylic acids is 1. The van der Waals surface area contributed by atoms with Crippen molar-refractivity contribution in [1.29, 1.82) is 5.26 Å². The van der Waals surface area contributed by atoms with Crippen molar-refractivity contribution < 1.29 is 14.7 Å². The molecule has 1 amide bonds. The van der Waals surface area contributed by atoms with Crippen molar-refractivity contribution in [2.75, 3.05) is 6.54 Å². The molecule has 3 aromatic rings. The van der Waals surface area contributed by atoms with Gasteiger partial charge in [-0.3, -0.25) is 9.59 Å². The summed E-state index contributed by atoms with van der Waals surface area (Å²) in [7, 11) is 0. The van der Waals surface area contributed by atoms with Gasteiger partial charge < -0.3 is 15.0 Å². The van der Waals surface area contributed by atoms with Gasteiger partial charge in [0.1, 0.15) is 18.2 Å². The third-order valence-electron chi connectivity index (χ3n) is 4.33. The number of nitrogens with zero attached hydrogens (tertiary/aromatic N) is 2. The Morgan fingerprint density at radius 2 is 1.82 bits per heavy atom. The Hall–Kier alpha value is -3.85. The molecule has 140 valence electrons. The van der Waals surface area contributed by atoms with Gasteiger partial charge >= 0.3 is 5.97 Å². The van der Waals surface area contributed by atoms with E-state index in [-0.39, 0.29) is 12.1 Å². The summed E-state index contributed by atoms with van der Waals surface area (Å²) in [5.41, 5.74) is 2.44. The predicted molar refractivity (Wildman–Crippen MR) is 106 cm³/mol. The molecule has 1 heterocycles. The topological polar surface area (TPSA) is 95.1 Å². The molecular formula is C22H19N3O3. The number of carboxylic acid groups (broad SMARTS) is 1. The number of hydrogen-bond acceptors (Lipinski definition) is 3. The number of benzene rings is 2. The Balaban J connectivity index is 1.79. The molecule has 1 aromatic heterocycles. The van der Waals surface area contributed by atoms with Crippen LogP contribution in [0.2, 0.25) is 0 Å². The molecule has 0 radical (unpaired) electrons. The predicted octanol–water partition coefficient (Wildman–Crippen LogP) is 2.99. The zero-order chi connectivity index (χ0) is 19.9. The second kappa shape index (κ2) is 8.69. The van der Waals surface area contributed by atoms with Crippen molar-refractivity contribution in [1.82, 2.24) is 9.88 Å². The zero-order valence-electron chi connectivity index (χ0n) is 15.1. The van der Waals surface area contributed by atoms with Crippen LogP contribution in [0.1, 0.15) is 11.1 Å². The highest BCUT2D eigenvalue weighted by atomic mass is 16.4. The van der Waals surface area contributed by atoms with Crippen molar-refractivity contribution in [2.24, 2.45) is 0 Å². The number of aliphatic carboxylic acids is 1. The molecule has 0 spiro atoms. The van der Waals surface area contributed by atoms with E-state index in [0.29, 0.717) is 18.5 Å². The van der Waals surface area contributed by atoms with Gasteiger partial charge in [-0.2, -0.15) is 5.26 Å². The number of nitrogens with one attached hydrogen (secondary N) is 1. The molecule has 2 aromatic carbocycles. The van der Waals surface area contributed by atoms with Crippen LogP contribution in [0.5, 0.6) is 0 Å². The number of rotatable bonds is 7. The molecule has 3 rings (SSSR count). The monoisotopic (exact) mass is 373 g/mol. The number of aromatic nitrogens is 1. The van der Waals surface area contributed by atoms with Crippen LogP contribution >= 0.6 is 0 Å². The molecule has 0 aliphatic carbocycles. The van der Waals surface area contributed by atoms with Gasteiger partial charge in [-0.15, -0.1) is 0 Å². The lowest BCUT2D eigenvalue weighted by Gasteiger charge is -2.04. The minimum atomic E-state index is -0.963. The molecule has 0 fully saturated rings. The number of amides is 1. The smallest absolute Gasteiger partial charge is 0.323 e. The van der Waals surface area contributed by atoms with Crippen molar-refractivity contribution in [3.05, 3.63) is 77.5 Å². The summed E-state index contributed by atoms with van der Waals surface area (Å²) in [6.45, 7) is 0.224. The molecule has 0 saturated heterocycles. The van der Waals surface area contributed by atoms with E-state index in [1.807, 2.05) is 60.7 Å². The van der Waals surface area contributed by atoms with E-state index >= 15 is 0 Å². The molecule has 6 nitrogen and oxygen atoms in total. The summed E-state index contributed by atoms with van der Waals surface area (Å²) in [4.78, 5) is 23.5. The summed E-state index contributed by atoms with van der Waals surface area (Å²) in [5, 5.41) is 22.1. The molecule has 28 heavy (non-hydrogen) atoms. The van der Waals surface area contributed by atoms with E-state index in [2.05, 4.69) is 5.32 Å². The first kappa shape index (κ1) is 18.9. The maximum atomic E-state index is 12.4. The number of nitriles is 1. The fraction of sp³-hybridized carbons (Fsp3) is 0.136. The highest BCUT2D eigenvalue weighted by Crippen LogP contribution is 2.23. The Morgan fingerprint density at radius 3 is 2.54 bits per heavy atom. The number of hydrogen-bond donors (Lipinski definition) is 2. The highest BCUT2D eigenvalue weighted by molar-refractivity contribution is 6.04. The summed E-state index contributed by atoms with van der Waals surface area (Å²) < 4.78 is 1.59. The van der Waals surface area contributed by atoms with Gasteiger partial charge in [0.05, 0.1) is 0 Å². The Morgan fingerprint density at radius 1 is 1.11 bits per heavy atom. The molecule has 0 atom stereocenters. The van der Waals surface area contributed by atoms with Gasteiger partial charge in [-0.05, 0) is 24.1 Å². The van der Waals surface area contributed by atoms with Crippen molar-refractivity contribution in [3.8, 4) is 6.07 Å². The fourth-order valence-corrected chi connectivity index (χ4v) is 3.03. The third kappa shape index (κ3) is 4.46. The zero-order valence-corrected chi connectivity index (χ0v) is 15.1. The maximum absolute atomic E-state index is 12.4. The number of carbonyl (C=O) groups is 2. The fourth-order valence-electron chi connectivity index (χ4n) is 3.03. The summed E-state index contributed by atoms with van der Waals surface area (Å²) in [5.74, 6) is -1.41. The van der Waals surface area contributed by atoms with Gasteiger partial charge in [0.25, 0.3) is 5.91 Å². The van der Waals surface area contributed by atoms with E-state index in [4.69, 9.17) is 5.11 Å². The average molecular weight is 373 g/mol. The van der Waals surface area contributed by atoms with Crippen molar-refractivity contribution in [2.45, 2.75) is 13.0 Å². The van der Waals surface area contributed by atoms with E-state index in [0.717, 1.165) is 16.5 Å². The van der Waals surface area contributed by atoms with Gasteiger partial charge in [0, 0.05) is 29.2 Å². The van der Waals surface area contributed by atoms with Gasteiger partial charge in [0.15, 0.2) is 0 Å². The minimum Gasteiger partial charge on any atom is -0.480 e. The van der Waals surface area contributed by atoms with Crippen molar-refractivity contribution >= 4 is 28.9 Å². The summed E-state index contributed by atoms with van der Waals surface area (Å²) in [6.07, 6.45) is 3.81. The molecule has 2 N–H and O–H groups in total. The van der Waals surface area contributed by atoms with Crippen LogP contribution in [0, 0.1) is 11.3 Å². The summed E-state index contributed by atoms with van der Waals surface area (Å²) in [6, 6.07) is 19.0. The number of fused-ring (bicyclic) bond motifs is 1. The van der Waals surface area contributed by atoms with Crippen LogP contribution in [-0.2, 0) is 22.6 Å². The number of para-hydroxylation sites is 1. The second-order valence-corrected chi connectivity index (χ2v) is 6.28. The van der Waals surface area contributed by atoms with E-state index in [9.17, 15) is 14.9 Å². The standard InChI is InChI=1S/C22H19N3O3/c23-13-17(22(28)24-11-10-16-6-2-1-3-7-16)12-18-14-25(15-21(26)27)20-9-5-4-8-19(18)20/h1-9,12,14H,10-11,15H2,(H,24,28)(H,26,27)/b17-12+. The average Bonchev–Trinajstić information content (AvgIpc) is 3.03. The second-order valence-electron chi connectivity index (χ2n) is 6.28. The van der Waals surface area contributed by atoms with E-state index in [1.54, 1.807) is 10.8 Å². The van der Waals surface area contributed by atoms with Crippen LogP contribution in [0.15, 0.2) is 66.4 Å². The first-order valence-electron chi connectivity index (χ1n) is 8.82. The molecule has 0 unspecified atom stereocenters. The SMILES string of the molecule is N#C/C(=C\c1cn(CC(=O)O)c2ccccc12)C(=O)NCCc1ccccc1. The first-order valence-corrected chi connectivity index (χ1v) is 8.82. The van der Waals surface area contributed by atoms with Crippen LogP contribution in [-0.4, -0.2) is 28.1 Å². The van der Waals surface area contributed by atoms with Crippen molar-refractivity contribution in [3.63, 3.8) is 0 Å². The molecule has 0 aliphatic rings. The number of carbonyl (C=O) groups excluding carboxylic acids is 1. The van der Waals surface area contributed by atoms with E-state index in [1.165, 1.54) is 6.08 Å². The molecule has 0 aliphatic heterocycles. The van der Waals surface area contributed by atoms with Crippen LogP contribution in [0.3, 0.4) is 0 Å². The molecule has 6 heteroatoms. The quantitative estimate of drug-likeness (QED) is 0.492. The Bertz CT molecular complexity index is 1080. The minimum absolute atomic E-state index is 0.0220. The molecular weight excluding hydrogens is 354 g/mol. The lowest BCUT2D eigenvalue weighted by molar-refractivity contribution is -0.137. The van der Waals surface area contributed by atoms with Crippen LogP contribution < -0.4 is 5.32 Å². The van der Waals surface area contributed by atoms with Gasteiger partial charge in [-0.25, -0.2) is 0 Å². The van der Waals surface area contributed by atoms with Crippen LogP contribution in [0.25, 0.3) is 17.0 Å².